The van der Waals surface area contributed by atoms with Crippen molar-refractivity contribution in [3.05, 3.63) is 42.5 Å². The van der Waals surface area contributed by atoms with Crippen LogP contribution in [0.3, 0.4) is 0 Å². The average Bonchev–Trinajstić information content (AvgIpc) is 2.36. The molecule has 1 aromatic rings. The fourth-order valence-electron chi connectivity index (χ4n) is 1.14. The summed E-state index contributed by atoms with van der Waals surface area (Å²) in [5.74, 6) is 0.559. The summed E-state index contributed by atoms with van der Waals surface area (Å²) in [5.41, 5.74) is 3.33. The summed E-state index contributed by atoms with van der Waals surface area (Å²) in [6, 6.07) is 7.44. The highest BCUT2D eigenvalue weighted by atomic mass is 16.5. The molecule has 0 spiro atoms. The van der Waals surface area contributed by atoms with Crippen molar-refractivity contribution in [3.63, 3.8) is 0 Å². The first-order chi connectivity index (χ1) is 8.63. The number of rotatable bonds is 6. The number of nitrogens with one attached hydrogen (secondary N) is 1. The first kappa shape index (κ1) is 14.0. The van der Waals surface area contributed by atoms with E-state index >= 15 is 0 Å². The minimum Gasteiger partial charge on any atom is -0.490 e. The standard InChI is InChI=1S/C14H18N2O2/c1-4-8-18-13-7-5-6-12(9-13)10-15-16-14(17)11(2)3/h4-7,9-11H,1,8H2,2-3H3,(H,16,17)/b15-10+. The Kier molecular flexibility index (Phi) is 5.64. The molecule has 0 aliphatic heterocycles. The molecule has 1 N–H and O–H groups in total. The van der Waals surface area contributed by atoms with Crippen LogP contribution in [0.1, 0.15) is 19.4 Å². The molecule has 0 unspecified atom stereocenters. The van der Waals surface area contributed by atoms with Gasteiger partial charge in [0, 0.05) is 5.92 Å². The van der Waals surface area contributed by atoms with E-state index in [1.54, 1.807) is 12.3 Å². The third-order valence-corrected chi connectivity index (χ3v) is 2.14. The van der Waals surface area contributed by atoms with Gasteiger partial charge in [0.15, 0.2) is 0 Å². The van der Waals surface area contributed by atoms with Crippen molar-refractivity contribution in [1.29, 1.82) is 0 Å². The van der Waals surface area contributed by atoms with E-state index in [2.05, 4.69) is 17.1 Å². The van der Waals surface area contributed by atoms with Gasteiger partial charge in [-0.2, -0.15) is 5.10 Å². The molecule has 0 aliphatic rings. The smallest absolute Gasteiger partial charge is 0.242 e. The van der Waals surface area contributed by atoms with Crippen LogP contribution in [0.2, 0.25) is 0 Å². The van der Waals surface area contributed by atoms with Gasteiger partial charge in [0.1, 0.15) is 12.4 Å². The Morgan fingerprint density at radius 2 is 2.33 bits per heavy atom. The van der Waals surface area contributed by atoms with E-state index in [0.717, 1.165) is 11.3 Å². The number of carbonyl (C=O) groups is 1. The van der Waals surface area contributed by atoms with Crippen LogP contribution >= 0.6 is 0 Å². The molecule has 18 heavy (non-hydrogen) atoms. The summed E-state index contributed by atoms with van der Waals surface area (Å²) in [6.45, 7) is 7.68. The fraction of sp³-hybridized carbons (Fsp3) is 0.286. The van der Waals surface area contributed by atoms with Gasteiger partial charge in [0.25, 0.3) is 0 Å². The van der Waals surface area contributed by atoms with Crippen molar-refractivity contribution in [2.24, 2.45) is 11.0 Å². The minimum atomic E-state index is -0.106. The molecule has 0 atom stereocenters. The molecule has 0 saturated heterocycles. The molecule has 0 heterocycles. The molecule has 1 rings (SSSR count). The van der Waals surface area contributed by atoms with Gasteiger partial charge in [-0.05, 0) is 17.7 Å². The Bertz CT molecular complexity index is 439. The number of nitrogens with zero attached hydrogens (tertiary/aromatic N) is 1. The van der Waals surface area contributed by atoms with Gasteiger partial charge in [-0.25, -0.2) is 5.43 Å². The van der Waals surface area contributed by atoms with Gasteiger partial charge < -0.3 is 4.74 Å². The van der Waals surface area contributed by atoms with Crippen LogP contribution in [-0.4, -0.2) is 18.7 Å². The second kappa shape index (κ2) is 7.27. The molecular weight excluding hydrogens is 228 g/mol. The van der Waals surface area contributed by atoms with Crippen molar-refractivity contribution >= 4 is 12.1 Å². The third kappa shape index (κ3) is 4.82. The fourth-order valence-corrected chi connectivity index (χ4v) is 1.14. The van der Waals surface area contributed by atoms with E-state index in [-0.39, 0.29) is 11.8 Å². The van der Waals surface area contributed by atoms with Gasteiger partial charge in [-0.3, -0.25) is 4.79 Å². The number of hydrogen-bond donors (Lipinski definition) is 1. The quantitative estimate of drug-likeness (QED) is 0.476. The van der Waals surface area contributed by atoms with Crippen molar-refractivity contribution in [2.45, 2.75) is 13.8 Å². The Hall–Kier alpha value is -2.10. The second-order valence-corrected chi connectivity index (χ2v) is 4.06. The second-order valence-electron chi connectivity index (χ2n) is 4.06. The van der Waals surface area contributed by atoms with Crippen LogP contribution in [0.4, 0.5) is 0 Å². The number of carbonyl (C=O) groups excluding carboxylic acids is 1. The van der Waals surface area contributed by atoms with Gasteiger partial charge >= 0.3 is 0 Å². The number of amides is 1. The largest absolute Gasteiger partial charge is 0.490 e. The topological polar surface area (TPSA) is 50.7 Å². The first-order valence-corrected chi connectivity index (χ1v) is 5.80. The molecule has 0 radical (unpaired) electrons. The van der Waals surface area contributed by atoms with Crippen molar-refractivity contribution in [3.8, 4) is 5.75 Å². The zero-order valence-electron chi connectivity index (χ0n) is 10.7. The Morgan fingerprint density at radius 1 is 1.56 bits per heavy atom. The van der Waals surface area contributed by atoms with Crippen LogP contribution in [-0.2, 0) is 4.79 Å². The maximum absolute atomic E-state index is 11.3. The van der Waals surface area contributed by atoms with Gasteiger partial charge in [0.05, 0.1) is 6.21 Å². The molecule has 96 valence electrons. The van der Waals surface area contributed by atoms with Crippen molar-refractivity contribution in [1.82, 2.24) is 5.43 Å². The molecule has 1 amide bonds. The van der Waals surface area contributed by atoms with Crippen LogP contribution < -0.4 is 10.2 Å². The molecule has 0 fully saturated rings. The van der Waals surface area contributed by atoms with E-state index in [4.69, 9.17) is 4.74 Å². The van der Waals surface area contributed by atoms with Gasteiger partial charge in [0.2, 0.25) is 5.91 Å². The summed E-state index contributed by atoms with van der Waals surface area (Å²) < 4.78 is 5.39. The Labute approximate surface area is 107 Å². The maximum atomic E-state index is 11.3. The van der Waals surface area contributed by atoms with E-state index in [1.165, 1.54) is 0 Å². The molecule has 0 aromatic heterocycles. The number of ether oxygens (including phenoxy) is 1. The Morgan fingerprint density at radius 3 is 3.00 bits per heavy atom. The molecule has 4 nitrogen and oxygen atoms in total. The van der Waals surface area contributed by atoms with E-state index in [9.17, 15) is 4.79 Å². The van der Waals surface area contributed by atoms with E-state index in [1.807, 2.05) is 38.1 Å². The van der Waals surface area contributed by atoms with Crippen molar-refractivity contribution < 1.29 is 9.53 Å². The zero-order valence-corrected chi connectivity index (χ0v) is 10.7. The normalized spacial score (nSPS) is 10.6. The minimum absolute atomic E-state index is 0.0793. The lowest BCUT2D eigenvalue weighted by Gasteiger charge is -2.04. The predicted octanol–water partition coefficient (Wildman–Crippen LogP) is 2.36. The average molecular weight is 246 g/mol. The highest BCUT2D eigenvalue weighted by Crippen LogP contribution is 2.11. The summed E-state index contributed by atoms with van der Waals surface area (Å²) >= 11 is 0. The van der Waals surface area contributed by atoms with E-state index in [0.29, 0.717) is 6.61 Å². The van der Waals surface area contributed by atoms with Crippen molar-refractivity contribution in [2.75, 3.05) is 6.61 Å². The van der Waals surface area contributed by atoms with Crippen LogP contribution in [0, 0.1) is 5.92 Å². The number of hydrazone groups is 1. The number of benzene rings is 1. The monoisotopic (exact) mass is 246 g/mol. The molecular formula is C14H18N2O2. The lowest BCUT2D eigenvalue weighted by Crippen LogP contribution is -2.22. The molecule has 1 aromatic carbocycles. The van der Waals surface area contributed by atoms with E-state index < -0.39 is 0 Å². The molecule has 0 aliphatic carbocycles. The predicted molar refractivity (Wildman–Crippen MR) is 72.7 cm³/mol. The van der Waals surface area contributed by atoms with Crippen LogP contribution in [0.5, 0.6) is 5.75 Å². The highest BCUT2D eigenvalue weighted by molar-refractivity contribution is 5.83. The molecule has 0 saturated carbocycles. The Balaban J connectivity index is 2.58. The van der Waals surface area contributed by atoms with Crippen LogP contribution in [0.15, 0.2) is 42.0 Å². The number of hydrogen-bond acceptors (Lipinski definition) is 3. The summed E-state index contributed by atoms with van der Waals surface area (Å²) in [4.78, 5) is 11.3. The third-order valence-electron chi connectivity index (χ3n) is 2.14. The maximum Gasteiger partial charge on any atom is 0.242 e. The summed E-state index contributed by atoms with van der Waals surface area (Å²) in [5, 5.41) is 3.88. The zero-order chi connectivity index (χ0) is 13.4. The summed E-state index contributed by atoms with van der Waals surface area (Å²) in [7, 11) is 0. The highest BCUT2D eigenvalue weighted by Gasteiger charge is 2.03. The molecule has 0 bridgehead atoms. The van der Waals surface area contributed by atoms with Gasteiger partial charge in [-0.15, -0.1) is 0 Å². The molecule has 4 heteroatoms. The van der Waals surface area contributed by atoms with Crippen LogP contribution in [0.25, 0.3) is 0 Å². The SMILES string of the molecule is C=CCOc1cccc(/C=N/NC(=O)C(C)C)c1. The van der Waals surface area contributed by atoms with Gasteiger partial charge in [-0.1, -0.05) is 38.6 Å². The first-order valence-electron chi connectivity index (χ1n) is 5.80. The lowest BCUT2D eigenvalue weighted by molar-refractivity contribution is -0.123. The summed E-state index contributed by atoms with van der Waals surface area (Å²) in [6.07, 6.45) is 3.27. The lowest BCUT2D eigenvalue weighted by atomic mass is 10.2.